The molecule has 0 fully saturated rings. The van der Waals surface area contributed by atoms with Crippen LogP contribution in [0.5, 0.6) is 5.75 Å². The zero-order valence-corrected chi connectivity index (χ0v) is 12.3. The van der Waals surface area contributed by atoms with Crippen molar-refractivity contribution in [2.45, 2.75) is 45.1 Å². The van der Waals surface area contributed by atoms with Gasteiger partial charge in [-0.15, -0.1) is 0 Å². The van der Waals surface area contributed by atoms with Crippen LogP contribution in [0.2, 0.25) is 0 Å². The molecule has 2 aromatic rings. The molecule has 2 nitrogen and oxygen atoms in total. The van der Waals surface area contributed by atoms with Crippen LogP contribution in [0.1, 0.15) is 39.0 Å². The third-order valence-electron chi connectivity index (χ3n) is 3.61. The summed E-state index contributed by atoms with van der Waals surface area (Å²) in [6.45, 7) is 2.98. The van der Waals surface area contributed by atoms with Crippen molar-refractivity contribution in [3.8, 4) is 5.75 Å². The van der Waals surface area contributed by atoms with Gasteiger partial charge in [0, 0.05) is 0 Å². The Hall–Kier alpha value is -1.54. The van der Waals surface area contributed by atoms with Crippen LogP contribution in [0.4, 0.5) is 0 Å². The lowest BCUT2D eigenvalue weighted by molar-refractivity contribution is 0.176. The molecule has 0 heterocycles. The minimum atomic E-state index is 0.313. The fourth-order valence-electron chi connectivity index (χ4n) is 2.53. The molecule has 2 heteroatoms. The Morgan fingerprint density at radius 3 is 2.55 bits per heavy atom. The summed E-state index contributed by atoms with van der Waals surface area (Å²) in [5.74, 6) is 0.981. The van der Waals surface area contributed by atoms with Crippen LogP contribution in [-0.4, -0.2) is 12.6 Å². The first kappa shape index (κ1) is 14.9. The van der Waals surface area contributed by atoms with Crippen molar-refractivity contribution >= 4 is 10.8 Å². The predicted molar refractivity (Wildman–Crippen MR) is 86.2 cm³/mol. The standard InChI is InChI=1S/C18H25NO/c1-2-7-17(10-5-6-13-19)20-18-12-11-15-8-3-4-9-16(15)14-18/h3-4,8-9,11-12,14,17H,2,5-7,10,13,19H2,1H3. The molecular formula is C18H25NO. The van der Waals surface area contributed by atoms with Gasteiger partial charge in [-0.05, 0) is 55.1 Å². The SMILES string of the molecule is CCCC(CCCCN)Oc1ccc2ccccc2c1. The molecule has 0 aliphatic rings. The lowest BCUT2D eigenvalue weighted by Gasteiger charge is -2.19. The first-order valence-electron chi connectivity index (χ1n) is 7.69. The van der Waals surface area contributed by atoms with Gasteiger partial charge in [0.15, 0.2) is 0 Å². The Morgan fingerprint density at radius 2 is 1.80 bits per heavy atom. The molecular weight excluding hydrogens is 246 g/mol. The molecule has 0 bridgehead atoms. The van der Waals surface area contributed by atoms with Crippen molar-refractivity contribution in [3.05, 3.63) is 42.5 Å². The van der Waals surface area contributed by atoms with E-state index in [9.17, 15) is 0 Å². The second-order valence-corrected chi connectivity index (χ2v) is 5.32. The Labute approximate surface area is 121 Å². The van der Waals surface area contributed by atoms with E-state index in [1.807, 2.05) is 0 Å². The fourth-order valence-corrected chi connectivity index (χ4v) is 2.53. The van der Waals surface area contributed by atoms with Gasteiger partial charge < -0.3 is 10.5 Å². The second kappa shape index (κ2) is 7.91. The molecule has 1 atom stereocenters. The average Bonchev–Trinajstić information content (AvgIpc) is 2.47. The van der Waals surface area contributed by atoms with Gasteiger partial charge in [0.1, 0.15) is 5.75 Å². The van der Waals surface area contributed by atoms with Crippen LogP contribution in [-0.2, 0) is 0 Å². The molecule has 2 N–H and O–H groups in total. The number of benzene rings is 2. The Kier molecular flexibility index (Phi) is 5.87. The van der Waals surface area contributed by atoms with Gasteiger partial charge in [-0.1, -0.05) is 43.7 Å². The number of hydrogen-bond donors (Lipinski definition) is 1. The van der Waals surface area contributed by atoms with E-state index in [0.717, 1.165) is 44.4 Å². The van der Waals surface area contributed by atoms with Crippen molar-refractivity contribution in [2.75, 3.05) is 6.54 Å². The largest absolute Gasteiger partial charge is 0.490 e. The van der Waals surface area contributed by atoms with Crippen LogP contribution in [0, 0.1) is 0 Å². The van der Waals surface area contributed by atoms with Crippen molar-refractivity contribution in [3.63, 3.8) is 0 Å². The molecule has 20 heavy (non-hydrogen) atoms. The zero-order valence-electron chi connectivity index (χ0n) is 12.3. The van der Waals surface area contributed by atoms with Crippen molar-refractivity contribution < 1.29 is 4.74 Å². The number of rotatable bonds is 8. The summed E-state index contributed by atoms with van der Waals surface area (Å²) in [5, 5.41) is 2.50. The lowest BCUT2D eigenvalue weighted by Crippen LogP contribution is -2.16. The fraction of sp³-hybridized carbons (Fsp3) is 0.444. The maximum Gasteiger partial charge on any atom is 0.120 e. The molecule has 0 radical (unpaired) electrons. The van der Waals surface area contributed by atoms with Gasteiger partial charge in [0.25, 0.3) is 0 Å². The zero-order chi connectivity index (χ0) is 14.2. The molecule has 0 saturated carbocycles. The minimum Gasteiger partial charge on any atom is -0.490 e. The molecule has 0 amide bonds. The molecule has 0 saturated heterocycles. The summed E-state index contributed by atoms with van der Waals surface area (Å²) in [6.07, 6.45) is 5.90. The molecule has 0 aliphatic carbocycles. The molecule has 0 aromatic heterocycles. The maximum absolute atomic E-state index is 6.17. The predicted octanol–water partition coefficient (Wildman–Crippen LogP) is 4.52. The highest BCUT2D eigenvalue weighted by Crippen LogP contribution is 2.23. The van der Waals surface area contributed by atoms with Gasteiger partial charge in [-0.2, -0.15) is 0 Å². The van der Waals surface area contributed by atoms with Crippen molar-refractivity contribution in [2.24, 2.45) is 5.73 Å². The molecule has 2 aromatic carbocycles. The summed E-state index contributed by atoms with van der Waals surface area (Å²) in [5.41, 5.74) is 5.56. The Bertz CT molecular complexity index is 524. The number of nitrogens with two attached hydrogens (primary N) is 1. The molecule has 0 spiro atoms. The monoisotopic (exact) mass is 271 g/mol. The second-order valence-electron chi connectivity index (χ2n) is 5.32. The quantitative estimate of drug-likeness (QED) is 0.717. The molecule has 0 aliphatic heterocycles. The highest BCUT2D eigenvalue weighted by Gasteiger charge is 2.09. The van der Waals surface area contributed by atoms with Crippen LogP contribution < -0.4 is 10.5 Å². The van der Waals surface area contributed by atoms with Gasteiger partial charge >= 0.3 is 0 Å². The van der Waals surface area contributed by atoms with Crippen LogP contribution in [0.15, 0.2) is 42.5 Å². The van der Waals surface area contributed by atoms with E-state index in [1.165, 1.54) is 10.8 Å². The van der Waals surface area contributed by atoms with Crippen LogP contribution >= 0.6 is 0 Å². The smallest absolute Gasteiger partial charge is 0.120 e. The van der Waals surface area contributed by atoms with E-state index < -0.39 is 0 Å². The van der Waals surface area contributed by atoms with E-state index in [4.69, 9.17) is 10.5 Å². The van der Waals surface area contributed by atoms with E-state index in [-0.39, 0.29) is 0 Å². The van der Waals surface area contributed by atoms with Crippen molar-refractivity contribution in [1.29, 1.82) is 0 Å². The van der Waals surface area contributed by atoms with Gasteiger partial charge in [-0.25, -0.2) is 0 Å². The number of hydrogen-bond acceptors (Lipinski definition) is 2. The van der Waals surface area contributed by atoms with Crippen LogP contribution in [0.3, 0.4) is 0 Å². The Balaban J connectivity index is 2.03. The Morgan fingerprint density at radius 1 is 1.00 bits per heavy atom. The van der Waals surface area contributed by atoms with E-state index in [1.54, 1.807) is 0 Å². The molecule has 2 rings (SSSR count). The number of unbranched alkanes of at least 4 members (excludes halogenated alkanes) is 1. The highest BCUT2D eigenvalue weighted by atomic mass is 16.5. The third kappa shape index (κ3) is 4.24. The summed E-state index contributed by atoms with van der Waals surface area (Å²) >= 11 is 0. The van der Waals surface area contributed by atoms with E-state index in [2.05, 4.69) is 49.4 Å². The molecule has 1 unspecified atom stereocenters. The van der Waals surface area contributed by atoms with E-state index in [0.29, 0.717) is 6.10 Å². The number of ether oxygens (including phenoxy) is 1. The van der Waals surface area contributed by atoms with Gasteiger partial charge in [0.2, 0.25) is 0 Å². The third-order valence-corrected chi connectivity index (χ3v) is 3.61. The van der Waals surface area contributed by atoms with Gasteiger partial charge in [0.05, 0.1) is 6.10 Å². The lowest BCUT2D eigenvalue weighted by atomic mass is 10.1. The highest BCUT2D eigenvalue weighted by molar-refractivity contribution is 5.83. The topological polar surface area (TPSA) is 35.2 Å². The normalized spacial score (nSPS) is 12.5. The van der Waals surface area contributed by atoms with Crippen molar-refractivity contribution in [1.82, 2.24) is 0 Å². The first-order valence-corrected chi connectivity index (χ1v) is 7.69. The van der Waals surface area contributed by atoms with Gasteiger partial charge in [-0.3, -0.25) is 0 Å². The summed E-state index contributed by atoms with van der Waals surface area (Å²) < 4.78 is 6.17. The molecule has 108 valence electrons. The summed E-state index contributed by atoms with van der Waals surface area (Å²) in [4.78, 5) is 0. The summed E-state index contributed by atoms with van der Waals surface area (Å²) in [6, 6.07) is 14.7. The maximum atomic E-state index is 6.17. The van der Waals surface area contributed by atoms with Crippen LogP contribution in [0.25, 0.3) is 10.8 Å². The minimum absolute atomic E-state index is 0.313. The summed E-state index contributed by atoms with van der Waals surface area (Å²) in [7, 11) is 0. The number of fused-ring (bicyclic) bond motifs is 1. The average molecular weight is 271 g/mol. The van der Waals surface area contributed by atoms with E-state index >= 15 is 0 Å². The first-order chi connectivity index (χ1) is 9.83.